The molecule has 17 heavy (non-hydrogen) atoms. The van der Waals surface area contributed by atoms with Gasteiger partial charge in [-0.3, -0.25) is 4.79 Å². The van der Waals surface area contributed by atoms with Gasteiger partial charge in [-0.05, 0) is 38.0 Å². The molecular formula is C13H18FNO2. The summed E-state index contributed by atoms with van der Waals surface area (Å²) >= 11 is 0. The molecule has 0 aliphatic carbocycles. The number of ketones is 1. The maximum atomic E-state index is 13.4. The van der Waals surface area contributed by atoms with Gasteiger partial charge < -0.3 is 10.5 Å². The van der Waals surface area contributed by atoms with E-state index in [1.54, 1.807) is 6.07 Å². The average molecular weight is 239 g/mol. The Morgan fingerprint density at radius 3 is 2.76 bits per heavy atom. The van der Waals surface area contributed by atoms with E-state index in [0.717, 1.165) is 12.8 Å². The normalized spacial score (nSPS) is 12.2. The lowest BCUT2D eigenvalue weighted by atomic mass is 10.0. The summed E-state index contributed by atoms with van der Waals surface area (Å²) in [6.45, 7) is 1.90. The van der Waals surface area contributed by atoms with Gasteiger partial charge in [0, 0.05) is 18.0 Å². The standard InChI is InChI=1S/C13H18FNO2/c1-9(15)4-3-5-12(16)10-6-7-13(17-2)11(14)8-10/h6-9H,3-5,15H2,1-2H3. The molecule has 0 radical (unpaired) electrons. The molecular weight excluding hydrogens is 221 g/mol. The van der Waals surface area contributed by atoms with Gasteiger partial charge in [0.15, 0.2) is 17.3 Å². The van der Waals surface area contributed by atoms with Crippen LogP contribution >= 0.6 is 0 Å². The van der Waals surface area contributed by atoms with Gasteiger partial charge in [0.25, 0.3) is 0 Å². The summed E-state index contributed by atoms with van der Waals surface area (Å²) in [5, 5.41) is 0. The monoisotopic (exact) mass is 239 g/mol. The fourth-order valence-electron chi connectivity index (χ4n) is 1.57. The summed E-state index contributed by atoms with van der Waals surface area (Å²) in [6, 6.07) is 4.35. The number of carbonyl (C=O) groups excluding carboxylic acids is 1. The number of rotatable bonds is 6. The van der Waals surface area contributed by atoms with Gasteiger partial charge in [-0.2, -0.15) is 0 Å². The molecule has 1 aromatic carbocycles. The molecule has 0 heterocycles. The second kappa shape index (κ2) is 6.35. The Balaban J connectivity index is 2.60. The summed E-state index contributed by atoms with van der Waals surface area (Å²) in [6.07, 6.45) is 1.92. The maximum absolute atomic E-state index is 13.4. The fraction of sp³-hybridized carbons (Fsp3) is 0.462. The molecule has 1 unspecified atom stereocenters. The Morgan fingerprint density at radius 1 is 1.53 bits per heavy atom. The third kappa shape index (κ3) is 4.15. The number of methoxy groups -OCH3 is 1. The quantitative estimate of drug-likeness (QED) is 0.776. The Hall–Kier alpha value is -1.42. The molecule has 0 aliphatic heterocycles. The molecule has 1 rings (SSSR count). The molecule has 0 spiro atoms. The van der Waals surface area contributed by atoms with Crippen molar-refractivity contribution >= 4 is 5.78 Å². The van der Waals surface area contributed by atoms with E-state index in [1.807, 2.05) is 6.92 Å². The zero-order valence-electron chi connectivity index (χ0n) is 10.2. The predicted octanol–water partition coefficient (Wildman–Crippen LogP) is 2.53. The first-order valence-corrected chi connectivity index (χ1v) is 5.67. The molecule has 94 valence electrons. The van der Waals surface area contributed by atoms with Gasteiger partial charge in [-0.1, -0.05) is 0 Å². The predicted molar refractivity (Wildman–Crippen MR) is 64.8 cm³/mol. The molecule has 0 saturated carbocycles. The minimum atomic E-state index is -0.509. The van der Waals surface area contributed by atoms with Crippen LogP contribution in [-0.2, 0) is 0 Å². The Kier molecular flexibility index (Phi) is 5.10. The average Bonchev–Trinajstić information content (AvgIpc) is 2.28. The number of halogens is 1. The van der Waals surface area contributed by atoms with Crippen molar-refractivity contribution in [1.29, 1.82) is 0 Å². The highest BCUT2D eigenvalue weighted by Crippen LogP contribution is 2.19. The lowest BCUT2D eigenvalue weighted by Gasteiger charge is -2.06. The SMILES string of the molecule is COc1ccc(C(=O)CCCC(C)N)cc1F. The minimum Gasteiger partial charge on any atom is -0.494 e. The van der Waals surface area contributed by atoms with Gasteiger partial charge in [0.2, 0.25) is 0 Å². The van der Waals surface area contributed by atoms with Crippen LogP contribution < -0.4 is 10.5 Å². The topological polar surface area (TPSA) is 52.3 Å². The van der Waals surface area contributed by atoms with Crippen LogP contribution in [0.3, 0.4) is 0 Å². The molecule has 1 atom stereocenters. The number of hydrogen-bond acceptors (Lipinski definition) is 3. The van der Waals surface area contributed by atoms with E-state index in [9.17, 15) is 9.18 Å². The highest BCUT2D eigenvalue weighted by molar-refractivity contribution is 5.96. The van der Waals surface area contributed by atoms with Crippen molar-refractivity contribution in [2.24, 2.45) is 5.73 Å². The van der Waals surface area contributed by atoms with E-state index >= 15 is 0 Å². The summed E-state index contributed by atoms with van der Waals surface area (Å²) in [7, 11) is 1.39. The molecule has 2 N–H and O–H groups in total. The van der Waals surface area contributed by atoms with Crippen LogP contribution in [-0.4, -0.2) is 18.9 Å². The third-order valence-corrected chi connectivity index (χ3v) is 2.54. The summed E-state index contributed by atoms with van der Waals surface area (Å²) in [4.78, 5) is 11.7. The molecule has 4 heteroatoms. The summed E-state index contributed by atoms with van der Waals surface area (Å²) in [5.74, 6) is -0.421. The van der Waals surface area contributed by atoms with Crippen LogP contribution in [0, 0.1) is 5.82 Å². The second-order valence-electron chi connectivity index (χ2n) is 4.14. The third-order valence-electron chi connectivity index (χ3n) is 2.54. The first-order chi connectivity index (χ1) is 8.04. The highest BCUT2D eigenvalue weighted by atomic mass is 19.1. The van der Waals surface area contributed by atoms with Crippen LogP contribution in [0.4, 0.5) is 4.39 Å². The van der Waals surface area contributed by atoms with E-state index in [-0.39, 0.29) is 17.6 Å². The minimum absolute atomic E-state index is 0.0628. The molecule has 0 aromatic heterocycles. The summed E-state index contributed by atoms with van der Waals surface area (Å²) < 4.78 is 18.2. The molecule has 0 bridgehead atoms. The second-order valence-corrected chi connectivity index (χ2v) is 4.14. The lowest BCUT2D eigenvalue weighted by molar-refractivity contribution is 0.0978. The van der Waals surface area contributed by atoms with Crippen molar-refractivity contribution in [3.05, 3.63) is 29.6 Å². The first kappa shape index (κ1) is 13.6. The van der Waals surface area contributed by atoms with Gasteiger partial charge in [0.05, 0.1) is 7.11 Å². The molecule has 0 amide bonds. The van der Waals surface area contributed by atoms with Crippen LogP contribution in [0.1, 0.15) is 36.5 Å². The largest absolute Gasteiger partial charge is 0.494 e. The molecule has 3 nitrogen and oxygen atoms in total. The van der Waals surface area contributed by atoms with Crippen molar-refractivity contribution in [1.82, 2.24) is 0 Å². The highest BCUT2D eigenvalue weighted by Gasteiger charge is 2.10. The zero-order chi connectivity index (χ0) is 12.8. The first-order valence-electron chi connectivity index (χ1n) is 5.67. The van der Waals surface area contributed by atoms with Crippen molar-refractivity contribution < 1.29 is 13.9 Å². The molecule has 0 aliphatic rings. The lowest BCUT2D eigenvalue weighted by Crippen LogP contribution is -2.14. The van der Waals surface area contributed by atoms with E-state index in [4.69, 9.17) is 10.5 Å². The van der Waals surface area contributed by atoms with Crippen LogP contribution in [0.2, 0.25) is 0 Å². The molecule has 1 aromatic rings. The van der Waals surface area contributed by atoms with Crippen molar-refractivity contribution in [2.45, 2.75) is 32.2 Å². The van der Waals surface area contributed by atoms with Gasteiger partial charge in [0.1, 0.15) is 0 Å². The van der Waals surface area contributed by atoms with Gasteiger partial charge in [-0.15, -0.1) is 0 Å². The Bertz CT molecular complexity index is 391. The van der Waals surface area contributed by atoms with E-state index in [2.05, 4.69) is 0 Å². The number of Topliss-reactive ketones (excluding diaryl/α,β-unsaturated/α-hetero) is 1. The number of ether oxygens (including phenoxy) is 1. The van der Waals surface area contributed by atoms with Gasteiger partial charge >= 0.3 is 0 Å². The van der Waals surface area contributed by atoms with Crippen LogP contribution in [0.15, 0.2) is 18.2 Å². The fourth-order valence-corrected chi connectivity index (χ4v) is 1.57. The number of carbonyl (C=O) groups is 1. The number of benzene rings is 1. The Morgan fingerprint density at radius 2 is 2.24 bits per heavy atom. The van der Waals surface area contributed by atoms with Crippen LogP contribution in [0.5, 0.6) is 5.75 Å². The number of nitrogens with two attached hydrogens (primary N) is 1. The summed E-state index contributed by atoms with van der Waals surface area (Å²) in [5.41, 5.74) is 5.97. The zero-order valence-corrected chi connectivity index (χ0v) is 10.2. The molecule has 0 fully saturated rings. The van der Waals surface area contributed by atoms with E-state index in [0.29, 0.717) is 12.0 Å². The van der Waals surface area contributed by atoms with E-state index in [1.165, 1.54) is 19.2 Å². The van der Waals surface area contributed by atoms with Gasteiger partial charge in [-0.25, -0.2) is 4.39 Å². The number of hydrogen-bond donors (Lipinski definition) is 1. The Labute approximate surface area is 101 Å². The van der Waals surface area contributed by atoms with E-state index < -0.39 is 5.82 Å². The maximum Gasteiger partial charge on any atom is 0.165 e. The van der Waals surface area contributed by atoms with Crippen molar-refractivity contribution in [3.8, 4) is 5.75 Å². The smallest absolute Gasteiger partial charge is 0.165 e. The van der Waals surface area contributed by atoms with Crippen molar-refractivity contribution in [3.63, 3.8) is 0 Å². The molecule has 0 saturated heterocycles. The van der Waals surface area contributed by atoms with Crippen molar-refractivity contribution in [2.75, 3.05) is 7.11 Å². The van der Waals surface area contributed by atoms with Crippen LogP contribution in [0.25, 0.3) is 0 Å².